The van der Waals surface area contributed by atoms with Crippen LogP contribution in [0.5, 0.6) is 0 Å². The molecule has 1 aromatic heterocycles. The highest BCUT2D eigenvalue weighted by Gasteiger charge is 2.28. The molecule has 1 fully saturated rings. The minimum absolute atomic E-state index is 0.757. The summed E-state index contributed by atoms with van der Waals surface area (Å²) in [7, 11) is 1.74. The molecule has 4 rings (SSSR count). The monoisotopic (exact) mass is 268 g/mol. The van der Waals surface area contributed by atoms with Gasteiger partial charge in [-0.15, -0.1) is 0 Å². The third-order valence-electron chi connectivity index (χ3n) is 4.45. The van der Waals surface area contributed by atoms with Gasteiger partial charge in [0.1, 0.15) is 7.11 Å². The molecule has 0 spiro atoms. The van der Waals surface area contributed by atoms with Gasteiger partial charge in [-0.05, 0) is 48.9 Å². The Hall–Kier alpha value is -1.74. The van der Waals surface area contributed by atoms with Crippen LogP contribution in [-0.4, -0.2) is 24.9 Å². The van der Waals surface area contributed by atoms with E-state index in [0.717, 1.165) is 25.4 Å². The Morgan fingerprint density at radius 1 is 1.30 bits per heavy atom. The quantitative estimate of drug-likeness (QED) is 0.926. The molecule has 0 saturated heterocycles. The summed E-state index contributed by atoms with van der Waals surface area (Å²) in [6.07, 6.45) is 8.24. The lowest BCUT2D eigenvalue weighted by Crippen LogP contribution is -2.20. The summed E-state index contributed by atoms with van der Waals surface area (Å²) in [6, 6.07) is 6.62. The average molecular weight is 268 g/mol. The molecule has 1 saturated carbocycles. The summed E-state index contributed by atoms with van der Waals surface area (Å²) < 4.78 is 1.92. The van der Waals surface area contributed by atoms with E-state index in [0.29, 0.717) is 0 Å². The van der Waals surface area contributed by atoms with Crippen LogP contribution in [-0.2, 0) is 0 Å². The molecule has 0 unspecified atom stereocenters. The van der Waals surface area contributed by atoms with E-state index < -0.39 is 0 Å². The van der Waals surface area contributed by atoms with Gasteiger partial charge in [-0.2, -0.15) is 4.73 Å². The minimum atomic E-state index is 0.757. The van der Waals surface area contributed by atoms with Gasteiger partial charge in [-0.25, -0.2) is 0 Å². The molecule has 1 aliphatic heterocycles. The summed E-state index contributed by atoms with van der Waals surface area (Å²) in [6.45, 7) is 2.04. The molecule has 1 aromatic carbocycles. The summed E-state index contributed by atoms with van der Waals surface area (Å²) in [5, 5.41) is 4.80. The summed E-state index contributed by atoms with van der Waals surface area (Å²) >= 11 is 0. The lowest BCUT2D eigenvalue weighted by Gasteiger charge is -2.14. The Kier molecular flexibility index (Phi) is 2.81. The minimum Gasteiger partial charge on any atom is -0.417 e. The van der Waals surface area contributed by atoms with Crippen LogP contribution in [0.2, 0.25) is 0 Å². The van der Waals surface area contributed by atoms with Crippen molar-refractivity contribution in [1.82, 2.24) is 10.0 Å². The number of hydrogen-bond donors (Lipinski definition) is 1. The normalized spacial score (nSPS) is 19.1. The number of rotatable bonds is 3. The van der Waals surface area contributed by atoms with Crippen molar-refractivity contribution in [1.29, 1.82) is 0 Å². The van der Waals surface area contributed by atoms with Crippen molar-refractivity contribution in [2.45, 2.75) is 25.2 Å². The average Bonchev–Trinajstić information content (AvgIpc) is 3.28. The van der Waals surface area contributed by atoms with E-state index in [1.54, 1.807) is 7.11 Å². The van der Waals surface area contributed by atoms with E-state index in [9.17, 15) is 0 Å². The van der Waals surface area contributed by atoms with Crippen LogP contribution in [0.4, 0.5) is 0 Å². The molecule has 1 aliphatic carbocycles. The number of nitrogens with zero attached hydrogens (tertiary/aromatic N) is 1. The van der Waals surface area contributed by atoms with Gasteiger partial charge >= 0.3 is 0 Å². The van der Waals surface area contributed by atoms with Crippen molar-refractivity contribution in [3.05, 3.63) is 41.6 Å². The van der Waals surface area contributed by atoms with Crippen LogP contribution in [0.3, 0.4) is 0 Å². The SMILES string of the molecule is COn1cc(C2=CCNCC2)c2c(C3CC3)cccc21. The Balaban J connectivity index is 1.96. The lowest BCUT2D eigenvalue weighted by molar-refractivity contribution is 0.179. The van der Waals surface area contributed by atoms with E-state index in [1.807, 2.05) is 4.73 Å². The Morgan fingerprint density at radius 2 is 2.20 bits per heavy atom. The maximum absolute atomic E-state index is 5.53. The zero-order valence-corrected chi connectivity index (χ0v) is 11.9. The van der Waals surface area contributed by atoms with Crippen LogP contribution in [0.25, 0.3) is 16.5 Å². The lowest BCUT2D eigenvalue weighted by atomic mass is 9.95. The zero-order chi connectivity index (χ0) is 13.5. The largest absolute Gasteiger partial charge is 0.417 e. The fourth-order valence-electron chi connectivity index (χ4n) is 3.28. The zero-order valence-electron chi connectivity index (χ0n) is 11.9. The van der Waals surface area contributed by atoms with Crippen molar-refractivity contribution >= 4 is 16.5 Å². The molecule has 2 heterocycles. The molecular formula is C17H20N2O. The molecule has 3 heteroatoms. The summed E-state index contributed by atoms with van der Waals surface area (Å²) in [5.41, 5.74) is 5.53. The standard InChI is InChI=1S/C17H20N2O/c1-20-19-11-15(13-7-9-18-10-8-13)17-14(12-5-6-12)3-2-4-16(17)19/h2-4,7,11-12,18H,5-6,8-10H2,1H3. The third-order valence-corrected chi connectivity index (χ3v) is 4.45. The smallest absolute Gasteiger partial charge is 0.104 e. The molecular weight excluding hydrogens is 248 g/mol. The molecule has 104 valence electrons. The van der Waals surface area contributed by atoms with Crippen LogP contribution in [0, 0.1) is 0 Å². The van der Waals surface area contributed by atoms with E-state index >= 15 is 0 Å². The predicted octanol–water partition coefficient (Wildman–Crippen LogP) is 2.95. The predicted molar refractivity (Wildman–Crippen MR) is 81.9 cm³/mol. The van der Waals surface area contributed by atoms with Crippen molar-refractivity contribution in [2.75, 3.05) is 20.2 Å². The number of nitrogens with one attached hydrogen (secondary N) is 1. The molecule has 0 atom stereocenters. The Bertz CT molecular complexity index is 680. The first-order valence-corrected chi connectivity index (χ1v) is 7.47. The topological polar surface area (TPSA) is 26.2 Å². The highest BCUT2D eigenvalue weighted by Crippen LogP contribution is 2.45. The molecule has 2 aliphatic rings. The van der Waals surface area contributed by atoms with Gasteiger partial charge < -0.3 is 10.2 Å². The molecule has 0 radical (unpaired) electrons. The van der Waals surface area contributed by atoms with Crippen molar-refractivity contribution in [2.24, 2.45) is 0 Å². The maximum atomic E-state index is 5.53. The fraction of sp³-hybridized carbons (Fsp3) is 0.412. The maximum Gasteiger partial charge on any atom is 0.104 e. The number of aromatic nitrogens is 1. The van der Waals surface area contributed by atoms with E-state index in [-0.39, 0.29) is 0 Å². The second-order valence-corrected chi connectivity index (χ2v) is 5.75. The molecule has 3 nitrogen and oxygen atoms in total. The van der Waals surface area contributed by atoms with Gasteiger partial charge in [0.25, 0.3) is 0 Å². The van der Waals surface area contributed by atoms with Gasteiger partial charge in [-0.3, -0.25) is 0 Å². The summed E-state index contributed by atoms with van der Waals surface area (Å²) in [4.78, 5) is 5.53. The van der Waals surface area contributed by atoms with Gasteiger partial charge in [0.05, 0.1) is 11.7 Å². The third kappa shape index (κ3) is 1.85. The molecule has 0 bridgehead atoms. The second-order valence-electron chi connectivity index (χ2n) is 5.75. The van der Waals surface area contributed by atoms with Gasteiger partial charge in [0.15, 0.2) is 0 Å². The van der Waals surface area contributed by atoms with Crippen LogP contribution >= 0.6 is 0 Å². The van der Waals surface area contributed by atoms with Gasteiger partial charge in [0, 0.05) is 17.5 Å². The first-order chi connectivity index (χ1) is 9.88. The molecule has 2 aromatic rings. The molecule has 20 heavy (non-hydrogen) atoms. The molecule has 0 amide bonds. The van der Waals surface area contributed by atoms with Crippen molar-refractivity contribution in [3.63, 3.8) is 0 Å². The van der Waals surface area contributed by atoms with Crippen LogP contribution in [0.1, 0.15) is 36.3 Å². The fourth-order valence-corrected chi connectivity index (χ4v) is 3.28. The first-order valence-electron chi connectivity index (χ1n) is 7.47. The Morgan fingerprint density at radius 3 is 2.90 bits per heavy atom. The Labute approximate surface area is 119 Å². The first kappa shape index (κ1) is 12.0. The number of benzene rings is 1. The number of fused-ring (bicyclic) bond motifs is 1. The second kappa shape index (κ2) is 4.67. The highest BCUT2D eigenvalue weighted by molar-refractivity contribution is 5.96. The van der Waals surface area contributed by atoms with Crippen molar-refractivity contribution < 1.29 is 4.84 Å². The van der Waals surface area contributed by atoms with Gasteiger partial charge in [0.2, 0.25) is 0 Å². The summed E-state index contributed by atoms with van der Waals surface area (Å²) in [5.74, 6) is 0.757. The number of hydrogen-bond acceptors (Lipinski definition) is 2. The van der Waals surface area contributed by atoms with E-state index in [4.69, 9.17) is 4.84 Å². The van der Waals surface area contributed by atoms with Crippen LogP contribution in [0.15, 0.2) is 30.5 Å². The van der Waals surface area contributed by atoms with E-state index in [2.05, 4.69) is 35.8 Å². The van der Waals surface area contributed by atoms with Crippen molar-refractivity contribution in [3.8, 4) is 0 Å². The van der Waals surface area contributed by atoms with Gasteiger partial charge in [-0.1, -0.05) is 18.2 Å². The highest BCUT2D eigenvalue weighted by atomic mass is 16.6. The molecule has 1 N–H and O–H groups in total. The van der Waals surface area contributed by atoms with E-state index in [1.165, 1.54) is 40.4 Å². The van der Waals surface area contributed by atoms with Crippen LogP contribution < -0.4 is 10.2 Å².